The molecule has 0 radical (unpaired) electrons. The molecule has 0 spiro atoms. The van der Waals surface area contributed by atoms with Crippen molar-refractivity contribution >= 4 is 12.6 Å². The number of rotatable bonds is 7. The largest absolute Gasteiger partial charge is 0.381 e. The summed E-state index contributed by atoms with van der Waals surface area (Å²) in [5.41, 5.74) is 0.231. The molecule has 0 rings (SSSR count). The Morgan fingerprint density at radius 3 is 2.42 bits per heavy atom. The molecule has 1 nitrogen and oxygen atoms in total. The highest BCUT2D eigenvalue weighted by molar-refractivity contribution is 7.80. The van der Waals surface area contributed by atoms with Gasteiger partial charge in [0.1, 0.15) is 0 Å². The molecular formula is C10H22OS. The molecule has 12 heavy (non-hydrogen) atoms. The molecular weight excluding hydrogens is 168 g/mol. The lowest BCUT2D eigenvalue weighted by Gasteiger charge is -2.21. The van der Waals surface area contributed by atoms with Crippen LogP contribution in [0.15, 0.2) is 0 Å². The molecule has 0 saturated carbocycles. The average molecular weight is 190 g/mol. The highest BCUT2D eigenvalue weighted by atomic mass is 32.1. The van der Waals surface area contributed by atoms with E-state index >= 15 is 0 Å². The van der Waals surface area contributed by atoms with Crippen molar-refractivity contribution in [2.45, 2.75) is 40.0 Å². The zero-order chi connectivity index (χ0) is 9.45. The molecule has 0 aromatic carbocycles. The summed E-state index contributed by atoms with van der Waals surface area (Å²) in [6.07, 6.45) is 3.74. The Hall–Kier alpha value is 0.310. The van der Waals surface area contributed by atoms with Crippen molar-refractivity contribution in [2.24, 2.45) is 5.41 Å². The van der Waals surface area contributed by atoms with Crippen LogP contribution < -0.4 is 0 Å². The molecule has 0 saturated heterocycles. The van der Waals surface area contributed by atoms with Gasteiger partial charge in [-0.1, -0.05) is 33.6 Å². The maximum atomic E-state index is 5.54. The second-order valence-electron chi connectivity index (χ2n) is 4.08. The van der Waals surface area contributed by atoms with Crippen molar-refractivity contribution in [3.05, 3.63) is 0 Å². The third kappa shape index (κ3) is 6.99. The molecule has 0 atom stereocenters. The monoisotopic (exact) mass is 190 g/mol. The Morgan fingerprint density at radius 2 is 1.92 bits per heavy atom. The quantitative estimate of drug-likeness (QED) is 0.479. The summed E-state index contributed by atoms with van der Waals surface area (Å²) in [6, 6.07) is 0. The summed E-state index contributed by atoms with van der Waals surface area (Å²) in [5.74, 6) is 0.890. The van der Waals surface area contributed by atoms with E-state index in [1.807, 2.05) is 0 Å². The molecule has 0 N–H and O–H groups in total. The van der Waals surface area contributed by atoms with Crippen LogP contribution in [0.25, 0.3) is 0 Å². The second kappa shape index (κ2) is 6.79. The van der Waals surface area contributed by atoms with E-state index in [9.17, 15) is 0 Å². The van der Waals surface area contributed by atoms with Crippen molar-refractivity contribution < 1.29 is 4.74 Å². The molecule has 0 aliphatic carbocycles. The Balaban J connectivity index is 3.19. The molecule has 0 aliphatic rings. The van der Waals surface area contributed by atoms with Gasteiger partial charge in [0.15, 0.2) is 0 Å². The van der Waals surface area contributed by atoms with Crippen LogP contribution in [0.2, 0.25) is 0 Å². The van der Waals surface area contributed by atoms with E-state index in [1.54, 1.807) is 0 Å². The summed E-state index contributed by atoms with van der Waals surface area (Å²) >= 11 is 4.26. The molecule has 0 aliphatic heterocycles. The van der Waals surface area contributed by atoms with E-state index < -0.39 is 0 Å². The van der Waals surface area contributed by atoms with Crippen molar-refractivity contribution in [2.75, 3.05) is 19.0 Å². The van der Waals surface area contributed by atoms with Gasteiger partial charge < -0.3 is 4.74 Å². The van der Waals surface area contributed by atoms with Gasteiger partial charge in [-0.05, 0) is 17.6 Å². The fourth-order valence-electron chi connectivity index (χ4n) is 0.848. The summed E-state index contributed by atoms with van der Waals surface area (Å²) in [4.78, 5) is 0. The SMILES string of the molecule is CCCCCOCC(C)(C)CS. The smallest absolute Gasteiger partial charge is 0.0524 e. The van der Waals surface area contributed by atoms with Gasteiger partial charge in [0.2, 0.25) is 0 Å². The molecule has 0 unspecified atom stereocenters. The van der Waals surface area contributed by atoms with Crippen molar-refractivity contribution in [3.8, 4) is 0 Å². The first-order chi connectivity index (χ1) is 5.62. The van der Waals surface area contributed by atoms with Crippen LogP contribution in [-0.4, -0.2) is 19.0 Å². The molecule has 0 heterocycles. The van der Waals surface area contributed by atoms with Gasteiger partial charge in [-0.2, -0.15) is 12.6 Å². The van der Waals surface area contributed by atoms with Crippen LogP contribution in [0.3, 0.4) is 0 Å². The zero-order valence-electron chi connectivity index (χ0n) is 8.60. The number of unbranched alkanes of at least 4 members (excludes halogenated alkanes) is 2. The fraction of sp³-hybridized carbons (Fsp3) is 1.00. The van der Waals surface area contributed by atoms with Crippen LogP contribution in [0.1, 0.15) is 40.0 Å². The van der Waals surface area contributed by atoms with Crippen molar-refractivity contribution in [1.29, 1.82) is 0 Å². The van der Waals surface area contributed by atoms with E-state index in [0.29, 0.717) is 0 Å². The topological polar surface area (TPSA) is 9.23 Å². The van der Waals surface area contributed by atoms with Gasteiger partial charge in [-0.25, -0.2) is 0 Å². The Bertz CT molecular complexity index is 102. The van der Waals surface area contributed by atoms with E-state index in [-0.39, 0.29) is 5.41 Å². The van der Waals surface area contributed by atoms with E-state index in [2.05, 4.69) is 33.4 Å². The zero-order valence-corrected chi connectivity index (χ0v) is 9.49. The third-order valence-electron chi connectivity index (χ3n) is 1.81. The standard InChI is InChI=1S/C10H22OS/c1-4-5-6-7-11-8-10(2,3)9-12/h12H,4-9H2,1-3H3. The minimum atomic E-state index is 0.231. The Kier molecular flexibility index (Phi) is 6.96. The number of hydrogen-bond acceptors (Lipinski definition) is 2. The van der Waals surface area contributed by atoms with E-state index in [0.717, 1.165) is 19.0 Å². The van der Waals surface area contributed by atoms with Crippen LogP contribution in [0.4, 0.5) is 0 Å². The van der Waals surface area contributed by atoms with Crippen LogP contribution in [0, 0.1) is 5.41 Å². The minimum absolute atomic E-state index is 0.231. The lowest BCUT2D eigenvalue weighted by molar-refractivity contribution is 0.0711. The lowest BCUT2D eigenvalue weighted by Crippen LogP contribution is -2.21. The van der Waals surface area contributed by atoms with Gasteiger partial charge in [-0.15, -0.1) is 0 Å². The van der Waals surface area contributed by atoms with Crippen molar-refractivity contribution in [3.63, 3.8) is 0 Å². The van der Waals surface area contributed by atoms with Gasteiger partial charge >= 0.3 is 0 Å². The molecule has 0 bridgehead atoms. The van der Waals surface area contributed by atoms with Crippen LogP contribution in [-0.2, 0) is 4.74 Å². The summed E-state index contributed by atoms with van der Waals surface area (Å²) in [5, 5.41) is 0. The molecule has 0 amide bonds. The number of ether oxygens (including phenoxy) is 1. The molecule has 74 valence electrons. The first-order valence-corrected chi connectivity index (χ1v) is 5.44. The van der Waals surface area contributed by atoms with Crippen molar-refractivity contribution in [1.82, 2.24) is 0 Å². The summed E-state index contributed by atoms with van der Waals surface area (Å²) in [6.45, 7) is 8.31. The second-order valence-corrected chi connectivity index (χ2v) is 4.40. The molecule has 0 aromatic rings. The van der Waals surface area contributed by atoms with Gasteiger partial charge in [0.05, 0.1) is 6.61 Å². The normalized spacial score (nSPS) is 12.0. The Labute approximate surface area is 82.3 Å². The molecule has 0 fully saturated rings. The first-order valence-electron chi connectivity index (χ1n) is 4.81. The van der Waals surface area contributed by atoms with Crippen LogP contribution in [0.5, 0.6) is 0 Å². The van der Waals surface area contributed by atoms with Crippen LogP contribution >= 0.6 is 12.6 Å². The van der Waals surface area contributed by atoms with E-state index in [4.69, 9.17) is 4.74 Å². The maximum Gasteiger partial charge on any atom is 0.0524 e. The van der Waals surface area contributed by atoms with Gasteiger partial charge in [0, 0.05) is 6.61 Å². The summed E-state index contributed by atoms with van der Waals surface area (Å²) < 4.78 is 5.54. The molecule has 0 aromatic heterocycles. The van der Waals surface area contributed by atoms with E-state index in [1.165, 1.54) is 19.3 Å². The van der Waals surface area contributed by atoms with Gasteiger partial charge in [-0.3, -0.25) is 0 Å². The lowest BCUT2D eigenvalue weighted by atomic mass is 9.98. The highest BCUT2D eigenvalue weighted by Crippen LogP contribution is 2.16. The predicted molar refractivity (Wildman–Crippen MR) is 58.0 cm³/mol. The van der Waals surface area contributed by atoms with Gasteiger partial charge in [0.25, 0.3) is 0 Å². The molecule has 2 heteroatoms. The average Bonchev–Trinajstić information content (AvgIpc) is 2.04. The predicted octanol–water partition coefficient (Wildman–Crippen LogP) is 3.15. The maximum absolute atomic E-state index is 5.54. The fourth-order valence-corrected chi connectivity index (χ4v) is 0.940. The highest BCUT2D eigenvalue weighted by Gasteiger charge is 2.14. The first kappa shape index (κ1) is 12.3. The third-order valence-corrected chi connectivity index (χ3v) is 2.67. The number of thiol groups is 1. The minimum Gasteiger partial charge on any atom is -0.381 e. The Morgan fingerprint density at radius 1 is 1.25 bits per heavy atom. The summed E-state index contributed by atoms with van der Waals surface area (Å²) in [7, 11) is 0. The number of hydrogen-bond donors (Lipinski definition) is 1.